The number of phenols is 1. The van der Waals surface area contributed by atoms with Crippen molar-refractivity contribution < 1.29 is 9.90 Å². The molecule has 0 aromatic heterocycles. The number of Topliss-reactive ketones (excluding diaryl/α,β-unsaturated/α-hetero) is 1. The molecule has 2 nitrogen and oxygen atoms in total. The van der Waals surface area contributed by atoms with Crippen molar-refractivity contribution in [3.05, 3.63) is 28.8 Å². The summed E-state index contributed by atoms with van der Waals surface area (Å²) in [4.78, 5) is 11.4. The summed E-state index contributed by atoms with van der Waals surface area (Å²) >= 11 is 0. The second-order valence-corrected chi connectivity index (χ2v) is 3.57. The molecule has 0 saturated carbocycles. The number of rotatable bonds is 3. The number of ketones is 1. The first-order chi connectivity index (χ1) is 6.57. The molecule has 0 unspecified atom stereocenters. The molecule has 0 bridgehead atoms. The molecule has 0 radical (unpaired) electrons. The van der Waals surface area contributed by atoms with Crippen LogP contribution in [0.25, 0.3) is 0 Å². The molecule has 1 N–H and O–H groups in total. The van der Waals surface area contributed by atoms with Crippen molar-refractivity contribution in [3.63, 3.8) is 0 Å². The molecule has 0 fully saturated rings. The number of carbonyl (C=O) groups excluding carboxylic acids is 1. The van der Waals surface area contributed by atoms with Crippen molar-refractivity contribution in [1.29, 1.82) is 0 Å². The fraction of sp³-hybridized carbons (Fsp3) is 0.417. The maximum atomic E-state index is 11.4. The number of benzene rings is 1. The summed E-state index contributed by atoms with van der Waals surface area (Å²) in [5.74, 6) is 0.0816. The molecule has 0 aliphatic heterocycles. The Morgan fingerprint density at radius 2 is 2.07 bits per heavy atom. The summed E-state index contributed by atoms with van der Waals surface area (Å²) in [5.41, 5.74) is 2.20. The lowest BCUT2D eigenvalue weighted by atomic mass is 9.97. The van der Waals surface area contributed by atoms with Gasteiger partial charge in [-0.25, -0.2) is 0 Å². The molecule has 2 heteroatoms. The van der Waals surface area contributed by atoms with Gasteiger partial charge in [0.25, 0.3) is 0 Å². The van der Waals surface area contributed by atoms with Crippen LogP contribution in [0, 0.1) is 6.92 Å². The summed E-state index contributed by atoms with van der Waals surface area (Å²) in [6.07, 6.45) is 1.81. The molecule has 0 aliphatic carbocycles. The summed E-state index contributed by atoms with van der Waals surface area (Å²) in [5, 5.41) is 9.75. The molecular formula is C12H16O2. The minimum absolute atomic E-state index is 0.0605. The molecular weight excluding hydrogens is 176 g/mol. The van der Waals surface area contributed by atoms with Crippen LogP contribution in [0.3, 0.4) is 0 Å². The van der Waals surface area contributed by atoms with E-state index >= 15 is 0 Å². The van der Waals surface area contributed by atoms with Crippen molar-refractivity contribution in [2.24, 2.45) is 0 Å². The maximum absolute atomic E-state index is 11.4. The predicted octanol–water partition coefficient (Wildman–Crippen LogP) is 2.86. The number of aryl methyl sites for hydroxylation is 2. The second kappa shape index (κ2) is 4.27. The lowest BCUT2D eigenvalue weighted by Crippen LogP contribution is -2.01. The highest BCUT2D eigenvalue weighted by atomic mass is 16.3. The first-order valence-corrected chi connectivity index (χ1v) is 4.90. The van der Waals surface area contributed by atoms with Crippen LogP contribution in [-0.2, 0) is 6.42 Å². The Balaban J connectivity index is 3.30. The van der Waals surface area contributed by atoms with Gasteiger partial charge in [-0.3, -0.25) is 4.79 Å². The van der Waals surface area contributed by atoms with Gasteiger partial charge in [-0.05, 0) is 31.4 Å². The highest BCUT2D eigenvalue weighted by Crippen LogP contribution is 2.26. The van der Waals surface area contributed by atoms with Gasteiger partial charge in [0.15, 0.2) is 5.78 Å². The molecule has 1 aromatic carbocycles. The van der Waals surface area contributed by atoms with Crippen molar-refractivity contribution in [2.75, 3.05) is 0 Å². The Morgan fingerprint density at radius 3 is 2.57 bits per heavy atom. The Morgan fingerprint density at radius 1 is 1.43 bits per heavy atom. The van der Waals surface area contributed by atoms with Gasteiger partial charge in [-0.2, -0.15) is 0 Å². The quantitative estimate of drug-likeness (QED) is 0.748. The molecule has 0 heterocycles. The number of phenolic OH excluding ortho intramolecular Hbond substituents is 1. The topological polar surface area (TPSA) is 37.3 Å². The molecule has 1 aromatic rings. The summed E-state index contributed by atoms with van der Waals surface area (Å²) in [6, 6.07) is 3.78. The van der Waals surface area contributed by atoms with Crippen molar-refractivity contribution in [3.8, 4) is 5.75 Å². The number of carbonyl (C=O) groups is 1. The largest absolute Gasteiger partial charge is 0.507 e. The van der Waals surface area contributed by atoms with E-state index in [2.05, 4.69) is 6.92 Å². The van der Waals surface area contributed by atoms with Crippen LogP contribution in [0.15, 0.2) is 12.1 Å². The van der Waals surface area contributed by atoms with Crippen molar-refractivity contribution in [1.82, 2.24) is 0 Å². The molecule has 0 aliphatic rings. The Kier molecular flexibility index (Phi) is 3.28. The van der Waals surface area contributed by atoms with Gasteiger partial charge in [-0.1, -0.05) is 25.5 Å². The lowest BCUT2D eigenvalue weighted by Gasteiger charge is -2.09. The zero-order chi connectivity index (χ0) is 10.7. The third-order valence-corrected chi connectivity index (χ3v) is 2.34. The van der Waals surface area contributed by atoms with E-state index in [-0.39, 0.29) is 11.5 Å². The first-order valence-electron chi connectivity index (χ1n) is 4.90. The second-order valence-electron chi connectivity index (χ2n) is 3.57. The van der Waals surface area contributed by atoms with E-state index < -0.39 is 0 Å². The van der Waals surface area contributed by atoms with Crippen LogP contribution in [0.5, 0.6) is 5.75 Å². The van der Waals surface area contributed by atoms with Crippen LogP contribution in [-0.4, -0.2) is 10.9 Å². The molecule has 14 heavy (non-hydrogen) atoms. The van der Waals surface area contributed by atoms with Crippen LogP contribution < -0.4 is 0 Å². The van der Waals surface area contributed by atoms with E-state index in [1.807, 2.05) is 12.1 Å². The zero-order valence-corrected chi connectivity index (χ0v) is 8.92. The highest BCUT2D eigenvalue weighted by molar-refractivity contribution is 5.98. The summed E-state index contributed by atoms with van der Waals surface area (Å²) in [6.45, 7) is 5.35. The number of hydrogen-bond donors (Lipinski definition) is 1. The van der Waals surface area contributed by atoms with Gasteiger partial charge < -0.3 is 5.11 Å². The monoisotopic (exact) mass is 192 g/mol. The molecule has 0 saturated heterocycles. The van der Waals surface area contributed by atoms with Gasteiger partial charge in [0.05, 0.1) is 5.56 Å². The van der Waals surface area contributed by atoms with Gasteiger partial charge in [0.2, 0.25) is 0 Å². The van der Waals surface area contributed by atoms with Gasteiger partial charge in [-0.15, -0.1) is 0 Å². The Hall–Kier alpha value is -1.31. The minimum atomic E-state index is -0.0605. The summed E-state index contributed by atoms with van der Waals surface area (Å²) in [7, 11) is 0. The average Bonchev–Trinajstić information content (AvgIpc) is 2.11. The molecule has 0 atom stereocenters. The SMILES string of the molecule is CCCc1ccc(C)c(O)c1C(C)=O. The van der Waals surface area contributed by atoms with Crippen LogP contribution in [0.4, 0.5) is 0 Å². The van der Waals surface area contributed by atoms with E-state index in [9.17, 15) is 9.90 Å². The Bertz CT molecular complexity index is 354. The minimum Gasteiger partial charge on any atom is -0.507 e. The fourth-order valence-electron chi connectivity index (χ4n) is 1.61. The van der Waals surface area contributed by atoms with Crippen LogP contribution in [0.1, 0.15) is 41.8 Å². The van der Waals surface area contributed by atoms with Crippen LogP contribution in [0.2, 0.25) is 0 Å². The van der Waals surface area contributed by atoms with Crippen molar-refractivity contribution >= 4 is 5.78 Å². The number of hydrogen-bond acceptors (Lipinski definition) is 2. The molecule has 76 valence electrons. The smallest absolute Gasteiger partial charge is 0.163 e. The third-order valence-electron chi connectivity index (χ3n) is 2.34. The zero-order valence-electron chi connectivity index (χ0n) is 8.92. The molecule has 0 amide bonds. The summed E-state index contributed by atoms with van der Waals surface area (Å²) < 4.78 is 0. The maximum Gasteiger partial charge on any atom is 0.163 e. The fourth-order valence-corrected chi connectivity index (χ4v) is 1.61. The van der Waals surface area contributed by atoms with E-state index in [0.29, 0.717) is 5.56 Å². The Labute approximate surface area is 84.6 Å². The van der Waals surface area contributed by atoms with E-state index in [4.69, 9.17) is 0 Å². The number of aromatic hydroxyl groups is 1. The van der Waals surface area contributed by atoms with Crippen LogP contribution >= 0.6 is 0 Å². The van der Waals surface area contributed by atoms with E-state index in [1.165, 1.54) is 6.92 Å². The van der Waals surface area contributed by atoms with Gasteiger partial charge >= 0.3 is 0 Å². The normalized spacial score (nSPS) is 10.2. The van der Waals surface area contributed by atoms with Gasteiger partial charge in [0.1, 0.15) is 5.75 Å². The first kappa shape index (κ1) is 10.8. The standard InChI is InChI=1S/C12H16O2/c1-4-5-10-7-6-8(2)12(14)11(10)9(3)13/h6-7,14H,4-5H2,1-3H3. The van der Waals surface area contributed by atoms with Gasteiger partial charge in [0, 0.05) is 0 Å². The van der Waals surface area contributed by atoms with E-state index in [1.54, 1.807) is 6.92 Å². The predicted molar refractivity (Wildman–Crippen MR) is 56.8 cm³/mol. The molecule has 1 rings (SSSR count). The third kappa shape index (κ3) is 1.95. The average molecular weight is 192 g/mol. The lowest BCUT2D eigenvalue weighted by molar-refractivity contribution is 0.101. The van der Waals surface area contributed by atoms with E-state index in [0.717, 1.165) is 24.0 Å². The van der Waals surface area contributed by atoms with Crippen molar-refractivity contribution in [2.45, 2.75) is 33.6 Å². The highest BCUT2D eigenvalue weighted by Gasteiger charge is 2.13. The molecule has 0 spiro atoms.